The van der Waals surface area contributed by atoms with Gasteiger partial charge in [-0.25, -0.2) is 8.42 Å². The predicted molar refractivity (Wildman–Crippen MR) is 58.6 cm³/mol. The normalized spacial score (nSPS) is 13.8. The molecular weight excluding hydrogens is 277 g/mol. The van der Waals surface area contributed by atoms with E-state index in [2.05, 4.69) is 0 Å². The summed E-state index contributed by atoms with van der Waals surface area (Å²) in [5.41, 5.74) is -2.28. The lowest BCUT2D eigenvalue weighted by Crippen LogP contribution is -2.36. The molecule has 96 valence electrons. The van der Waals surface area contributed by atoms with E-state index in [1.54, 1.807) is 0 Å². The Kier molecular flexibility index (Phi) is 3.51. The van der Waals surface area contributed by atoms with Crippen LogP contribution in [0.3, 0.4) is 0 Å². The van der Waals surface area contributed by atoms with E-state index in [1.165, 1.54) is 12.1 Å². The lowest BCUT2D eigenvalue weighted by atomic mass is 9.84. The summed E-state index contributed by atoms with van der Waals surface area (Å²) in [4.78, 5) is -0.339. The van der Waals surface area contributed by atoms with Gasteiger partial charge in [0.15, 0.2) is 0 Å². The van der Waals surface area contributed by atoms with Crippen molar-refractivity contribution in [1.29, 1.82) is 0 Å². The third-order valence-corrected chi connectivity index (χ3v) is 3.90. The van der Waals surface area contributed by atoms with Crippen molar-refractivity contribution in [3.63, 3.8) is 0 Å². The minimum absolute atomic E-state index is 0.147. The van der Waals surface area contributed by atoms with Gasteiger partial charge in [-0.2, -0.15) is 13.2 Å². The molecule has 1 aromatic carbocycles. The van der Waals surface area contributed by atoms with Crippen molar-refractivity contribution in [3.8, 4) is 0 Å². The zero-order valence-corrected chi connectivity index (χ0v) is 10.6. The molecular formula is C10H10ClF3O2S. The van der Waals surface area contributed by atoms with Gasteiger partial charge < -0.3 is 0 Å². The first-order valence-electron chi connectivity index (χ1n) is 4.58. The minimum Gasteiger partial charge on any atom is -0.207 e. The molecule has 0 aliphatic rings. The van der Waals surface area contributed by atoms with Crippen molar-refractivity contribution in [1.82, 2.24) is 0 Å². The quantitative estimate of drug-likeness (QED) is 0.780. The highest BCUT2D eigenvalue weighted by Crippen LogP contribution is 2.40. The average Bonchev–Trinajstić information content (AvgIpc) is 2.15. The molecule has 0 atom stereocenters. The molecule has 0 radical (unpaired) electrons. The molecule has 7 heteroatoms. The Hall–Kier alpha value is -0.750. The van der Waals surface area contributed by atoms with Crippen LogP contribution >= 0.6 is 10.7 Å². The van der Waals surface area contributed by atoms with Crippen LogP contribution in [0.5, 0.6) is 0 Å². The molecule has 2 nitrogen and oxygen atoms in total. The van der Waals surface area contributed by atoms with Crippen LogP contribution in [0.25, 0.3) is 0 Å². The van der Waals surface area contributed by atoms with Crippen LogP contribution in [0, 0.1) is 0 Å². The van der Waals surface area contributed by atoms with Crippen LogP contribution in [0.2, 0.25) is 0 Å². The molecule has 0 spiro atoms. The summed E-state index contributed by atoms with van der Waals surface area (Å²) in [6.07, 6.45) is -4.47. The zero-order chi connectivity index (χ0) is 13.5. The Morgan fingerprint density at radius 3 is 2.12 bits per heavy atom. The fourth-order valence-corrected chi connectivity index (χ4v) is 2.00. The van der Waals surface area contributed by atoms with Crippen LogP contribution < -0.4 is 0 Å². The highest BCUT2D eigenvalue weighted by Gasteiger charge is 2.48. The summed E-state index contributed by atoms with van der Waals surface area (Å²) in [5, 5.41) is 0. The standard InChI is InChI=1S/C10H10ClF3O2S/c1-9(2,10(12,13)14)7-4-3-5-8(6-7)17(11,15)16/h3-6H,1-2H3. The van der Waals surface area contributed by atoms with E-state index >= 15 is 0 Å². The van der Waals surface area contributed by atoms with Crippen molar-refractivity contribution in [2.24, 2.45) is 0 Å². The Morgan fingerprint density at radius 1 is 1.18 bits per heavy atom. The van der Waals surface area contributed by atoms with Crippen LogP contribution in [-0.2, 0) is 14.5 Å². The molecule has 0 unspecified atom stereocenters. The predicted octanol–water partition coefficient (Wildman–Crippen LogP) is 3.45. The van der Waals surface area contributed by atoms with Crippen molar-refractivity contribution in [2.75, 3.05) is 0 Å². The van der Waals surface area contributed by atoms with Gasteiger partial charge in [0.2, 0.25) is 0 Å². The molecule has 0 aliphatic heterocycles. The smallest absolute Gasteiger partial charge is 0.207 e. The van der Waals surface area contributed by atoms with Gasteiger partial charge >= 0.3 is 6.18 Å². The van der Waals surface area contributed by atoms with E-state index in [-0.39, 0.29) is 10.5 Å². The summed E-state index contributed by atoms with van der Waals surface area (Å²) >= 11 is 0. The molecule has 0 aromatic heterocycles. The van der Waals surface area contributed by atoms with Crippen molar-refractivity contribution in [3.05, 3.63) is 29.8 Å². The number of hydrogen-bond donors (Lipinski definition) is 0. The Bertz CT molecular complexity index is 521. The van der Waals surface area contributed by atoms with E-state index in [9.17, 15) is 21.6 Å². The minimum atomic E-state index is -4.47. The number of benzene rings is 1. The maximum Gasteiger partial charge on any atom is 0.397 e. The fourth-order valence-electron chi connectivity index (χ4n) is 1.20. The van der Waals surface area contributed by atoms with Gasteiger partial charge in [0.05, 0.1) is 10.3 Å². The Morgan fingerprint density at radius 2 is 1.71 bits per heavy atom. The lowest BCUT2D eigenvalue weighted by Gasteiger charge is -2.28. The van der Waals surface area contributed by atoms with Gasteiger partial charge in [0.1, 0.15) is 0 Å². The van der Waals surface area contributed by atoms with E-state index in [4.69, 9.17) is 10.7 Å². The van der Waals surface area contributed by atoms with Gasteiger partial charge in [-0.3, -0.25) is 0 Å². The Labute approximate surface area is 102 Å². The summed E-state index contributed by atoms with van der Waals surface area (Å²) in [6.45, 7) is 1.96. The molecule has 17 heavy (non-hydrogen) atoms. The van der Waals surface area contributed by atoms with E-state index < -0.39 is 20.6 Å². The molecule has 1 rings (SSSR count). The Balaban J connectivity index is 3.36. The van der Waals surface area contributed by atoms with Gasteiger partial charge in [0, 0.05) is 10.7 Å². The monoisotopic (exact) mass is 286 g/mol. The highest BCUT2D eigenvalue weighted by atomic mass is 35.7. The molecule has 0 saturated heterocycles. The largest absolute Gasteiger partial charge is 0.397 e. The SMILES string of the molecule is CC(C)(c1cccc(S(=O)(=O)Cl)c1)C(F)(F)F. The van der Waals surface area contributed by atoms with Gasteiger partial charge in [0.25, 0.3) is 9.05 Å². The molecule has 0 bridgehead atoms. The maximum atomic E-state index is 12.8. The topological polar surface area (TPSA) is 34.1 Å². The van der Waals surface area contributed by atoms with Crippen molar-refractivity contribution >= 4 is 19.7 Å². The third-order valence-electron chi connectivity index (χ3n) is 2.55. The van der Waals surface area contributed by atoms with Gasteiger partial charge in [-0.15, -0.1) is 0 Å². The molecule has 0 aliphatic carbocycles. The fraction of sp³-hybridized carbons (Fsp3) is 0.400. The molecule has 1 aromatic rings. The van der Waals surface area contributed by atoms with Gasteiger partial charge in [-0.1, -0.05) is 12.1 Å². The number of hydrogen-bond acceptors (Lipinski definition) is 2. The zero-order valence-electron chi connectivity index (χ0n) is 9.05. The molecule has 0 fully saturated rings. The third kappa shape index (κ3) is 2.93. The second kappa shape index (κ2) is 4.17. The lowest BCUT2D eigenvalue weighted by molar-refractivity contribution is -0.180. The van der Waals surface area contributed by atoms with Crippen molar-refractivity contribution in [2.45, 2.75) is 30.3 Å². The number of rotatable bonds is 2. The van der Waals surface area contributed by atoms with Crippen LogP contribution in [0.15, 0.2) is 29.2 Å². The van der Waals surface area contributed by atoms with Crippen molar-refractivity contribution < 1.29 is 21.6 Å². The summed E-state index contributed by atoms with van der Waals surface area (Å²) in [6, 6.07) is 4.55. The first kappa shape index (κ1) is 14.3. The number of halogens is 4. The van der Waals surface area contributed by atoms with Crippen LogP contribution in [0.1, 0.15) is 19.4 Å². The molecule has 0 saturated carbocycles. The molecule has 0 amide bonds. The number of alkyl halides is 3. The summed E-state index contributed by atoms with van der Waals surface area (Å²) < 4.78 is 60.4. The summed E-state index contributed by atoms with van der Waals surface area (Å²) in [5.74, 6) is 0. The molecule has 0 N–H and O–H groups in total. The first-order valence-corrected chi connectivity index (χ1v) is 6.89. The van der Waals surface area contributed by atoms with E-state index in [0.717, 1.165) is 26.0 Å². The van der Waals surface area contributed by atoms with E-state index in [1.807, 2.05) is 0 Å². The first-order chi connectivity index (χ1) is 7.46. The summed E-state index contributed by atoms with van der Waals surface area (Å²) in [7, 11) is 1.06. The maximum absolute atomic E-state index is 12.8. The highest BCUT2D eigenvalue weighted by molar-refractivity contribution is 8.13. The average molecular weight is 287 g/mol. The second-order valence-electron chi connectivity index (χ2n) is 4.09. The van der Waals surface area contributed by atoms with E-state index in [0.29, 0.717) is 0 Å². The molecule has 0 heterocycles. The van der Waals surface area contributed by atoms with Crippen LogP contribution in [-0.4, -0.2) is 14.6 Å². The van der Waals surface area contributed by atoms with Crippen LogP contribution in [0.4, 0.5) is 13.2 Å². The second-order valence-corrected chi connectivity index (χ2v) is 6.65. The van der Waals surface area contributed by atoms with Gasteiger partial charge in [-0.05, 0) is 31.5 Å².